The highest BCUT2D eigenvalue weighted by Gasteiger charge is 2.09. The Morgan fingerprint density at radius 1 is 1.46 bits per heavy atom. The molecular weight excluding hydrogens is 212 g/mol. The van der Waals surface area contributed by atoms with Crippen LogP contribution in [0.4, 0.5) is 0 Å². The molecular formula is C8H7ClO3S. The summed E-state index contributed by atoms with van der Waals surface area (Å²) in [5.41, 5.74) is 0.497. The molecule has 0 spiro atoms. The molecule has 1 aromatic rings. The Kier molecular flexibility index (Phi) is 3.45. The van der Waals surface area contributed by atoms with Crippen LogP contribution in [0.5, 0.6) is 0 Å². The molecule has 3 nitrogen and oxygen atoms in total. The summed E-state index contributed by atoms with van der Waals surface area (Å²) < 4.78 is 0.540. The van der Waals surface area contributed by atoms with Crippen LogP contribution in [0.2, 0.25) is 4.34 Å². The molecule has 70 valence electrons. The number of carboxylic acids is 1. The molecule has 1 N–H and O–H groups in total. The molecule has 1 aromatic heterocycles. The summed E-state index contributed by atoms with van der Waals surface area (Å²) in [6.45, 7) is 0. The lowest BCUT2D eigenvalue weighted by molar-refractivity contribution is -0.136. The smallest absolute Gasteiger partial charge is 0.303 e. The van der Waals surface area contributed by atoms with Crippen molar-refractivity contribution in [3.63, 3.8) is 0 Å². The van der Waals surface area contributed by atoms with Gasteiger partial charge in [0.05, 0.1) is 10.8 Å². The third-order valence-corrected chi connectivity index (χ3v) is 2.55. The number of carboxylic acid groups (broad SMARTS) is 1. The van der Waals surface area contributed by atoms with Crippen LogP contribution in [-0.4, -0.2) is 16.9 Å². The van der Waals surface area contributed by atoms with E-state index in [1.807, 2.05) is 0 Å². The van der Waals surface area contributed by atoms with E-state index in [0.29, 0.717) is 9.90 Å². The lowest BCUT2D eigenvalue weighted by Crippen LogP contribution is -2.02. The molecule has 13 heavy (non-hydrogen) atoms. The second-order valence-electron chi connectivity index (χ2n) is 2.46. The Labute approximate surface area is 84.0 Å². The van der Waals surface area contributed by atoms with Gasteiger partial charge in [0.1, 0.15) is 0 Å². The Balaban J connectivity index is 2.54. The number of rotatable bonds is 4. The molecule has 0 aliphatic rings. The fourth-order valence-corrected chi connectivity index (χ4v) is 1.71. The molecule has 0 saturated carbocycles. The van der Waals surface area contributed by atoms with Gasteiger partial charge in [-0.05, 0) is 6.07 Å². The summed E-state index contributed by atoms with van der Waals surface area (Å²) in [5, 5.41) is 9.97. The van der Waals surface area contributed by atoms with Gasteiger partial charge in [-0.25, -0.2) is 0 Å². The maximum Gasteiger partial charge on any atom is 0.303 e. The van der Waals surface area contributed by atoms with Crippen molar-refractivity contribution in [1.82, 2.24) is 0 Å². The number of ketones is 1. The fraction of sp³-hybridized carbons (Fsp3) is 0.250. The van der Waals surface area contributed by atoms with Crippen LogP contribution in [-0.2, 0) is 4.79 Å². The first-order valence-electron chi connectivity index (χ1n) is 3.58. The molecule has 0 radical (unpaired) electrons. The van der Waals surface area contributed by atoms with Gasteiger partial charge in [-0.15, -0.1) is 11.3 Å². The molecule has 0 aliphatic heterocycles. The molecule has 1 rings (SSSR count). The predicted molar refractivity (Wildman–Crippen MR) is 50.5 cm³/mol. The van der Waals surface area contributed by atoms with E-state index in [2.05, 4.69) is 0 Å². The zero-order valence-electron chi connectivity index (χ0n) is 6.62. The minimum atomic E-state index is -0.963. The number of hydrogen-bond acceptors (Lipinski definition) is 3. The quantitative estimate of drug-likeness (QED) is 0.790. The third kappa shape index (κ3) is 3.16. The van der Waals surface area contributed by atoms with Gasteiger partial charge in [0, 0.05) is 17.4 Å². The van der Waals surface area contributed by atoms with E-state index < -0.39 is 5.97 Å². The Hall–Kier alpha value is -0.870. The number of aliphatic carboxylic acids is 1. The topological polar surface area (TPSA) is 54.4 Å². The summed E-state index contributed by atoms with van der Waals surface area (Å²) in [5.74, 6) is -1.14. The maximum atomic E-state index is 11.2. The number of hydrogen-bond donors (Lipinski definition) is 1. The average molecular weight is 219 g/mol. The Morgan fingerprint density at radius 2 is 2.15 bits per heavy atom. The first-order valence-corrected chi connectivity index (χ1v) is 4.84. The highest BCUT2D eigenvalue weighted by Crippen LogP contribution is 2.21. The second kappa shape index (κ2) is 4.39. The van der Waals surface area contributed by atoms with E-state index >= 15 is 0 Å². The summed E-state index contributed by atoms with van der Waals surface area (Å²) in [6, 6.07) is 1.55. The van der Waals surface area contributed by atoms with Crippen molar-refractivity contribution in [2.24, 2.45) is 0 Å². The number of carbonyl (C=O) groups is 2. The second-order valence-corrected chi connectivity index (χ2v) is 4.00. The van der Waals surface area contributed by atoms with Crippen LogP contribution >= 0.6 is 22.9 Å². The Morgan fingerprint density at radius 3 is 2.62 bits per heavy atom. The average Bonchev–Trinajstić information content (AvgIpc) is 2.47. The van der Waals surface area contributed by atoms with Crippen molar-refractivity contribution in [3.05, 3.63) is 21.3 Å². The SMILES string of the molecule is O=C(O)CCC(=O)c1csc(Cl)c1. The molecule has 5 heteroatoms. The summed E-state index contributed by atoms with van der Waals surface area (Å²) in [4.78, 5) is 21.4. The van der Waals surface area contributed by atoms with E-state index in [0.717, 1.165) is 0 Å². The molecule has 0 saturated heterocycles. The van der Waals surface area contributed by atoms with Crippen LogP contribution < -0.4 is 0 Å². The Bertz CT molecular complexity index is 332. The number of carbonyl (C=O) groups excluding carboxylic acids is 1. The van der Waals surface area contributed by atoms with Crippen LogP contribution in [0.15, 0.2) is 11.4 Å². The highest BCUT2D eigenvalue weighted by molar-refractivity contribution is 7.14. The number of Topliss-reactive ketones (excluding diaryl/α,β-unsaturated/α-hetero) is 1. The van der Waals surface area contributed by atoms with E-state index in [4.69, 9.17) is 16.7 Å². The summed E-state index contributed by atoms with van der Waals surface area (Å²) >= 11 is 6.88. The van der Waals surface area contributed by atoms with Crippen LogP contribution in [0.1, 0.15) is 23.2 Å². The van der Waals surface area contributed by atoms with Gasteiger partial charge in [0.2, 0.25) is 0 Å². The summed E-state index contributed by atoms with van der Waals surface area (Å²) in [7, 11) is 0. The van der Waals surface area contributed by atoms with E-state index in [9.17, 15) is 9.59 Å². The van der Waals surface area contributed by atoms with Gasteiger partial charge in [0.25, 0.3) is 0 Å². The largest absolute Gasteiger partial charge is 0.481 e. The monoisotopic (exact) mass is 218 g/mol. The van der Waals surface area contributed by atoms with Crippen LogP contribution in [0, 0.1) is 0 Å². The van der Waals surface area contributed by atoms with Crippen molar-refractivity contribution in [3.8, 4) is 0 Å². The van der Waals surface area contributed by atoms with Crippen molar-refractivity contribution in [1.29, 1.82) is 0 Å². The first-order chi connectivity index (χ1) is 6.09. The van der Waals surface area contributed by atoms with Gasteiger partial charge < -0.3 is 5.11 Å². The number of halogens is 1. The van der Waals surface area contributed by atoms with Crippen LogP contribution in [0.25, 0.3) is 0 Å². The highest BCUT2D eigenvalue weighted by atomic mass is 35.5. The molecule has 0 unspecified atom stereocenters. The van der Waals surface area contributed by atoms with Gasteiger partial charge in [-0.1, -0.05) is 11.6 Å². The predicted octanol–water partition coefficient (Wildman–Crippen LogP) is 2.45. The maximum absolute atomic E-state index is 11.2. The molecule has 0 bridgehead atoms. The lowest BCUT2D eigenvalue weighted by Gasteiger charge is -1.93. The van der Waals surface area contributed by atoms with Crippen molar-refractivity contribution >= 4 is 34.7 Å². The van der Waals surface area contributed by atoms with Gasteiger partial charge in [-0.2, -0.15) is 0 Å². The minimum Gasteiger partial charge on any atom is -0.481 e. The fourth-order valence-electron chi connectivity index (χ4n) is 0.821. The summed E-state index contributed by atoms with van der Waals surface area (Å²) in [6.07, 6.45) is -0.102. The lowest BCUT2D eigenvalue weighted by atomic mass is 10.1. The van der Waals surface area contributed by atoms with Crippen molar-refractivity contribution in [2.45, 2.75) is 12.8 Å². The molecule has 0 fully saturated rings. The molecule has 0 amide bonds. The normalized spacial score (nSPS) is 9.92. The van der Waals surface area contributed by atoms with E-state index in [1.54, 1.807) is 11.4 Å². The molecule has 0 aromatic carbocycles. The molecule has 1 heterocycles. The van der Waals surface area contributed by atoms with Crippen LogP contribution in [0.3, 0.4) is 0 Å². The van der Waals surface area contributed by atoms with Gasteiger partial charge >= 0.3 is 5.97 Å². The molecule has 0 aliphatic carbocycles. The first kappa shape index (κ1) is 10.2. The van der Waals surface area contributed by atoms with Gasteiger partial charge in [0.15, 0.2) is 5.78 Å². The molecule has 0 atom stereocenters. The minimum absolute atomic E-state index is 0.0302. The van der Waals surface area contributed by atoms with Crippen molar-refractivity contribution in [2.75, 3.05) is 0 Å². The zero-order valence-corrected chi connectivity index (χ0v) is 8.19. The number of thiophene rings is 1. The van der Waals surface area contributed by atoms with E-state index in [1.165, 1.54) is 11.3 Å². The van der Waals surface area contributed by atoms with E-state index in [-0.39, 0.29) is 18.6 Å². The zero-order chi connectivity index (χ0) is 9.84. The third-order valence-electron chi connectivity index (χ3n) is 1.46. The standard InChI is InChI=1S/C8H7ClO3S/c9-7-3-5(4-13-7)6(10)1-2-8(11)12/h3-4H,1-2H2,(H,11,12). The van der Waals surface area contributed by atoms with Crippen molar-refractivity contribution < 1.29 is 14.7 Å². The van der Waals surface area contributed by atoms with Gasteiger partial charge in [-0.3, -0.25) is 9.59 Å².